The van der Waals surface area contributed by atoms with Gasteiger partial charge in [0, 0.05) is 24.6 Å². The fourth-order valence-electron chi connectivity index (χ4n) is 3.41. The van der Waals surface area contributed by atoms with Crippen LogP contribution in [0.2, 0.25) is 0 Å². The predicted molar refractivity (Wildman–Crippen MR) is 107 cm³/mol. The van der Waals surface area contributed by atoms with Crippen molar-refractivity contribution in [2.45, 2.75) is 25.4 Å². The van der Waals surface area contributed by atoms with Gasteiger partial charge in [-0.3, -0.25) is 15.0 Å². The van der Waals surface area contributed by atoms with Gasteiger partial charge in [0.15, 0.2) is 0 Å². The lowest BCUT2D eigenvalue weighted by atomic mass is 10.1. The van der Waals surface area contributed by atoms with E-state index in [1.54, 1.807) is 13.2 Å². The third-order valence-electron chi connectivity index (χ3n) is 4.72. The Hall–Kier alpha value is -2.42. The smallest absolute Gasteiger partial charge is 0.317 e. The van der Waals surface area contributed by atoms with Gasteiger partial charge in [-0.25, -0.2) is 4.79 Å². The van der Waals surface area contributed by atoms with Crippen LogP contribution in [-0.4, -0.2) is 43.1 Å². The zero-order chi connectivity index (χ0) is 19.4. The molecule has 5 N–H and O–H groups in total. The summed E-state index contributed by atoms with van der Waals surface area (Å²) < 4.78 is 5.31. The Morgan fingerprint density at radius 2 is 2.04 bits per heavy atom. The normalized spacial score (nSPS) is 17.1. The van der Waals surface area contributed by atoms with Gasteiger partial charge in [-0.2, -0.15) is 0 Å². The third-order valence-corrected chi connectivity index (χ3v) is 5.82. The number of methoxy groups -OCH3 is 1. The Morgan fingerprint density at radius 3 is 2.67 bits per heavy atom. The molecule has 2 aromatic rings. The number of hydrogen-bond acceptors (Lipinski definition) is 5. The van der Waals surface area contributed by atoms with Gasteiger partial charge in [0.2, 0.25) is 0 Å². The number of nitrogens with two attached hydrogens (primary N) is 2. The maximum atomic E-state index is 11.6. The minimum atomic E-state index is -0.725. The van der Waals surface area contributed by atoms with E-state index in [2.05, 4.69) is 22.3 Å². The minimum absolute atomic E-state index is 0.261. The molecule has 144 valence electrons. The lowest BCUT2D eigenvalue weighted by Gasteiger charge is -2.23. The second kappa shape index (κ2) is 8.51. The van der Waals surface area contributed by atoms with E-state index in [0.29, 0.717) is 11.0 Å². The molecule has 0 bridgehead atoms. The number of ether oxygens (including phenoxy) is 1. The molecule has 0 aliphatic carbocycles. The van der Waals surface area contributed by atoms with Gasteiger partial charge in [0.1, 0.15) is 5.00 Å². The highest BCUT2D eigenvalue weighted by atomic mass is 32.1. The average Bonchev–Trinajstić information content (AvgIpc) is 3.23. The zero-order valence-electron chi connectivity index (χ0n) is 15.2. The number of thiophene rings is 1. The summed E-state index contributed by atoms with van der Waals surface area (Å²) in [5.74, 6) is -0.601. The van der Waals surface area contributed by atoms with Gasteiger partial charge in [0.05, 0.1) is 12.2 Å². The molecule has 8 heteroatoms. The molecule has 0 unspecified atom stereocenters. The SMILES string of the molecule is COC[C@@H]1CCCN1Cc1ccc(-c2cc(C(N)=O)c(NC(N)=O)s2)cc1. The van der Waals surface area contributed by atoms with E-state index in [4.69, 9.17) is 16.2 Å². The Morgan fingerprint density at radius 1 is 1.30 bits per heavy atom. The summed E-state index contributed by atoms with van der Waals surface area (Å²) >= 11 is 1.28. The first-order valence-corrected chi connectivity index (χ1v) is 9.62. The second-order valence-electron chi connectivity index (χ2n) is 6.63. The maximum absolute atomic E-state index is 11.6. The van der Waals surface area contributed by atoms with Crippen molar-refractivity contribution in [1.29, 1.82) is 0 Å². The van der Waals surface area contributed by atoms with Crippen LogP contribution in [0.1, 0.15) is 28.8 Å². The molecule has 7 nitrogen and oxygen atoms in total. The number of carbonyl (C=O) groups is 2. The second-order valence-corrected chi connectivity index (χ2v) is 7.68. The molecule has 27 heavy (non-hydrogen) atoms. The lowest BCUT2D eigenvalue weighted by molar-refractivity contribution is 0.100. The first-order valence-electron chi connectivity index (χ1n) is 8.80. The quantitative estimate of drug-likeness (QED) is 0.677. The summed E-state index contributed by atoms with van der Waals surface area (Å²) in [5, 5.41) is 2.83. The molecular formula is C19H24N4O3S. The molecule has 1 atom stereocenters. The van der Waals surface area contributed by atoms with Crippen molar-refractivity contribution in [2.24, 2.45) is 11.5 Å². The van der Waals surface area contributed by atoms with E-state index in [9.17, 15) is 9.59 Å². The Labute approximate surface area is 162 Å². The van der Waals surface area contributed by atoms with E-state index in [1.165, 1.54) is 29.7 Å². The molecule has 1 aliphatic heterocycles. The van der Waals surface area contributed by atoms with Crippen LogP contribution >= 0.6 is 11.3 Å². The highest BCUT2D eigenvalue weighted by Crippen LogP contribution is 2.35. The van der Waals surface area contributed by atoms with Crippen LogP contribution in [0.3, 0.4) is 0 Å². The molecular weight excluding hydrogens is 364 g/mol. The Bertz CT molecular complexity index is 819. The van der Waals surface area contributed by atoms with E-state index < -0.39 is 11.9 Å². The van der Waals surface area contributed by atoms with Gasteiger partial charge in [-0.1, -0.05) is 24.3 Å². The minimum Gasteiger partial charge on any atom is -0.383 e. The number of amides is 3. The first-order chi connectivity index (χ1) is 13.0. The van der Waals surface area contributed by atoms with Gasteiger partial charge in [-0.15, -0.1) is 11.3 Å². The van der Waals surface area contributed by atoms with Crippen molar-refractivity contribution >= 4 is 28.3 Å². The zero-order valence-corrected chi connectivity index (χ0v) is 16.1. The van der Waals surface area contributed by atoms with Gasteiger partial charge in [-0.05, 0) is 36.6 Å². The molecule has 0 spiro atoms. The number of likely N-dealkylation sites (tertiary alicyclic amines) is 1. The molecule has 1 aromatic carbocycles. The fourth-order valence-corrected chi connectivity index (χ4v) is 4.49. The van der Waals surface area contributed by atoms with Crippen molar-refractivity contribution < 1.29 is 14.3 Å². The van der Waals surface area contributed by atoms with E-state index in [-0.39, 0.29) is 5.56 Å². The summed E-state index contributed by atoms with van der Waals surface area (Å²) in [6.07, 6.45) is 2.37. The van der Waals surface area contributed by atoms with E-state index >= 15 is 0 Å². The molecule has 1 saturated heterocycles. The number of anilines is 1. The number of urea groups is 1. The molecule has 1 fully saturated rings. The number of nitrogens with zero attached hydrogens (tertiary/aromatic N) is 1. The monoisotopic (exact) mass is 388 g/mol. The van der Waals surface area contributed by atoms with Crippen LogP contribution in [0.4, 0.5) is 9.80 Å². The van der Waals surface area contributed by atoms with Crippen molar-refractivity contribution in [3.05, 3.63) is 41.5 Å². The lowest BCUT2D eigenvalue weighted by Crippen LogP contribution is -2.32. The third kappa shape index (κ3) is 4.65. The number of nitrogens with one attached hydrogen (secondary N) is 1. The Kier molecular flexibility index (Phi) is 6.10. The first kappa shape index (κ1) is 19.3. The highest BCUT2D eigenvalue weighted by molar-refractivity contribution is 7.20. The van der Waals surface area contributed by atoms with Crippen molar-refractivity contribution in [2.75, 3.05) is 25.6 Å². The number of carbonyl (C=O) groups excluding carboxylic acids is 2. The topological polar surface area (TPSA) is 111 Å². The van der Waals surface area contributed by atoms with Gasteiger partial charge >= 0.3 is 6.03 Å². The van der Waals surface area contributed by atoms with Crippen molar-refractivity contribution in [1.82, 2.24) is 4.90 Å². The summed E-state index contributed by atoms with van der Waals surface area (Å²) in [7, 11) is 1.74. The summed E-state index contributed by atoms with van der Waals surface area (Å²) in [4.78, 5) is 26.0. The molecule has 0 radical (unpaired) electrons. The van der Waals surface area contributed by atoms with E-state index in [0.717, 1.165) is 30.1 Å². The molecule has 3 amide bonds. The largest absolute Gasteiger partial charge is 0.383 e. The standard InChI is InChI=1S/C19H24N4O3S/c1-26-11-14-3-2-8-23(14)10-12-4-6-13(7-5-12)16-9-15(17(20)24)18(27-16)22-19(21)25/h4-7,9,14H,2-3,8,10-11H2,1H3,(H2,20,24)(H3,21,22,25)/t14-/m0/s1. The van der Waals surface area contributed by atoms with Crippen LogP contribution in [0.15, 0.2) is 30.3 Å². The number of primary amides is 2. The number of hydrogen-bond donors (Lipinski definition) is 3. The molecule has 1 aliphatic rings. The molecule has 1 aromatic heterocycles. The predicted octanol–water partition coefficient (Wildman–Crippen LogP) is 2.62. The molecule has 2 heterocycles. The fraction of sp³-hybridized carbons (Fsp3) is 0.368. The van der Waals surface area contributed by atoms with Crippen LogP contribution in [0, 0.1) is 0 Å². The van der Waals surface area contributed by atoms with Crippen molar-refractivity contribution in [3.8, 4) is 10.4 Å². The van der Waals surface area contributed by atoms with Gasteiger partial charge < -0.3 is 16.2 Å². The average molecular weight is 388 g/mol. The van der Waals surface area contributed by atoms with Gasteiger partial charge in [0.25, 0.3) is 5.91 Å². The van der Waals surface area contributed by atoms with Crippen LogP contribution in [-0.2, 0) is 11.3 Å². The number of benzene rings is 1. The van der Waals surface area contributed by atoms with Crippen LogP contribution in [0.5, 0.6) is 0 Å². The Balaban J connectivity index is 1.75. The van der Waals surface area contributed by atoms with Crippen LogP contribution in [0.25, 0.3) is 10.4 Å². The maximum Gasteiger partial charge on any atom is 0.317 e. The van der Waals surface area contributed by atoms with Crippen LogP contribution < -0.4 is 16.8 Å². The number of rotatable bonds is 7. The molecule has 3 rings (SSSR count). The summed E-state index contributed by atoms with van der Waals surface area (Å²) in [6, 6.07) is 9.64. The summed E-state index contributed by atoms with van der Waals surface area (Å²) in [6.45, 7) is 2.74. The molecule has 0 saturated carbocycles. The van der Waals surface area contributed by atoms with E-state index in [1.807, 2.05) is 12.1 Å². The summed E-state index contributed by atoms with van der Waals surface area (Å²) in [5.41, 5.74) is 13.0. The highest BCUT2D eigenvalue weighted by Gasteiger charge is 2.24. The van der Waals surface area contributed by atoms with Crippen molar-refractivity contribution in [3.63, 3.8) is 0 Å².